The maximum atomic E-state index is 12.6. The zero-order valence-electron chi connectivity index (χ0n) is 14.3. The Hall–Kier alpha value is -1.50. The quantitative estimate of drug-likeness (QED) is 0.777. The number of rotatable bonds is 6. The van der Waals surface area contributed by atoms with Crippen LogP contribution in [0, 0.1) is 0 Å². The number of amides is 1. The molecular weight excluding hydrogens is 344 g/mol. The van der Waals surface area contributed by atoms with E-state index in [-0.39, 0.29) is 12.0 Å². The maximum Gasteiger partial charge on any atom is 0.226 e. The summed E-state index contributed by atoms with van der Waals surface area (Å²) < 4.78 is 16.9. The van der Waals surface area contributed by atoms with E-state index in [0.29, 0.717) is 49.3 Å². The fraction of sp³-hybridized carbons (Fsp3) is 0.611. The molecule has 2 heterocycles. The zero-order chi connectivity index (χ0) is 17.6. The molecule has 0 bridgehead atoms. The first kappa shape index (κ1) is 18.3. The van der Waals surface area contributed by atoms with E-state index in [2.05, 4.69) is 0 Å². The fourth-order valence-electron chi connectivity index (χ4n) is 3.16. The van der Waals surface area contributed by atoms with Crippen molar-refractivity contribution < 1.29 is 19.0 Å². The molecule has 3 rings (SSSR count). The van der Waals surface area contributed by atoms with Gasteiger partial charge in [-0.2, -0.15) is 0 Å². The summed E-state index contributed by atoms with van der Waals surface area (Å²) in [4.78, 5) is 14.5. The summed E-state index contributed by atoms with van der Waals surface area (Å²) in [6, 6.07) is 3.64. The highest BCUT2D eigenvalue weighted by atomic mass is 35.5. The van der Waals surface area contributed by atoms with E-state index < -0.39 is 0 Å². The van der Waals surface area contributed by atoms with Crippen LogP contribution in [0.2, 0.25) is 5.02 Å². The van der Waals surface area contributed by atoms with Crippen molar-refractivity contribution >= 4 is 17.5 Å². The van der Waals surface area contributed by atoms with E-state index in [0.717, 1.165) is 37.9 Å². The summed E-state index contributed by atoms with van der Waals surface area (Å²) in [6.45, 7) is 3.79. The number of carbonyl (C=O) groups is 1. The second-order valence-electron chi connectivity index (χ2n) is 6.37. The first-order valence-corrected chi connectivity index (χ1v) is 9.22. The van der Waals surface area contributed by atoms with Gasteiger partial charge in [0.2, 0.25) is 5.91 Å². The molecule has 2 aliphatic heterocycles. The second-order valence-corrected chi connectivity index (χ2v) is 6.78. The third kappa shape index (κ3) is 4.77. The smallest absolute Gasteiger partial charge is 0.226 e. The van der Waals surface area contributed by atoms with Crippen LogP contribution in [-0.2, 0) is 16.0 Å². The number of likely N-dealkylation sites (tertiary alicyclic amines) is 1. The van der Waals surface area contributed by atoms with Gasteiger partial charge in [-0.05, 0) is 43.5 Å². The summed E-state index contributed by atoms with van der Waals surface area (Å²) in [6.07, 6.45) is 3.18. The third-order valence-electron chi connectivity index (χ3n) is 4.51. The lowest BCUT2D eigenvalue weighted by Gasteiger charge is -2.32. The first-order valence-electron chi connectivity index (χ1n) is 8.85. The average Bonchev–Trinajstić information content (AvgIpc) is 2.62. The Morgan fingerprint density at radius 2 is 2.04 bits per heavy atom. The molecule has 0 radical (unpaired) electrons. The van der Waals surface area contributed by atoms with Gasteiger partial charge in [-0.25, -0.2) is 0 Å². The van der Waals surface area contributed by atoms with Crippen molar-refractivity contribution in [2.24, 2.45) is 5.73 Å². The van der Waals surface area contributed by atoms with E-state index in [1.54, 1.807) is 6.07 Å². The predicted octanol–water partition coefficient (Wildman–Crippen LogP) is 2.01. The Bertz CT molecular complexity index is 603. The van der Waals surface area contributed by atoms with Gasteiger partial charge in [0, 0.05) is 19.7 Å². The highest BCUT2D eigenvalue weighted by Crippen LogP contribution is 2.38. The van der Waals surface area contributed by atoms with Crippen molar-refractivity contribution in [3.8, 4) is 11.5 Å². The number of hydrogen-bond acceptors (Lipinski definition) is 5. The molecule has 2 aliphatic rings. The van der Waals surface area contributed by atoms with E-state index in [9.17, 15) is 4.79 Å². The molecule has 0 atom stereocenters. The van der Waals surface area contributed by atoms with Crippen LogP contribution >= 0.6 is 11.6 Å². The van der Waals surface area contributed by atoms with Crippen molar-refractivity contribution in [3.63, 3.8) is 0 Å². The van der Waals surface area contributed by atoms with Crippen LogP contribution in [0.25, 0.3) is 0 Å². The van der Waals surface area contributed by atoms with Gasteiger partial charge in [0.1, 0.15) is 13.2 Å². The number of nitrogens with two attached hydrogens (primary N) is 1. The second kappa shape index (κ2) is 8.74. The molecule has 1 saturated heterocycles. The van der Waals surface area contributed by atoms with Crippen LogP contribution in [0.3, 0.4) is 0 Å². The van der Waals surface area contributed by atoms with Gasteiger partial charge >= 0.3 is 0 Å². The molecule has 0 aliphatic carbocycles. The van der Waals surface area contributed by atoms with Crippen LogP contribution in [0.15, 0.2) is 12.1 Å². The van der Waals surface area contributed by atoms with Crippen molar-refractivity contribution in [3.05, 3.63) is 22.7 Å². The van der Waals surface area contributed by atoms with Gasteiger partial charge in [-0.15, -0.1) is 0 Å². The molecule has 25 heavy (non-hydrogen) atoms. The van der Waals surface area contributed by atoms with Crippen LogP contribution in [-0.4, -0.2) is 56.4 Å². The minimum atomic E-state index is 0.105. The lowest BCUT2D eigenvalue weighted by Crippen LogP contribution is -2.41. The van der Waals surface area contributed by atoms with Crippen LogP contribution in [0.5, 0.6) is 11.5 Å². The molecule has 7 heteroatoms. The first-order chi connectivity index (χ1) is 12.2. The number of hydrogen-bond donors (Lipinski definition) is 1. The van der Waals surface area contributed by atoms with Gasteiger partial charge in [0.05, 0.1) is 17.5 Å². The number of carbonyl (C=O) groups excluding carboxylic acids is 1. The SMILES string of the molecule is NCCCOC1CCN(C(=O)Cc2cc(Cl)c3c(c2)OCCO3)CC1. The van der Waals surface area contributed by atoms with Gasteiger partial charge < -0.3 is 24.8 Å². The number of nitrogens with zero attached hydrogens (tertiary/aromatic N) is 1. The van der Waals surface area contributed by atoms with Gasteiger partial charge in [0.25, 0.3) is 0 Å². The van der Waals surface area contributed by atoms with Crippen molar-refractivity contribution in [2.45, 2.75) is 31.8 Å². The molecule has 138 valence electrons. The Morgan fingerprint density at radius 1 is 1.28 bits per heavy atom. The molecule has 1 aromatic rings. The zero-order valence-corrected chi connectivity index (χ0v) is 15.1. The topological polar surface area (TPSA) is 74.0 Å². The minimum Gasteiger partial charge on any atom is -0.486 e. The molecule has 0 saturated carbocycles. The van der Waals surface area contributed by atoms with Gasteiger partial charge in [-0.1, -0.05) is 11.6 Å². The summed E-state index contributed by atoms with van der Waals surface area (Å²) in [5.74, 6) is 1.29. The number of halogens is 1. The molecule has 6 nitrogen and oxygen atoms in total. The molecule has 2 N–H and O–H groups in total. The standard InChI is InChI=1S/C18H25ClN2O4/c19-15-10-13(11-16-18(15)25-9-8-24-16)12-17(22)21-5-2-14(3-6-21)23-7-1-4-20/h10-11,14H,1-9,12,20H2. The van der Waals surface area contributed by atoms with E-state index in [4.69, 9.17) is 31.5 Å². The molecule has 0 aromatic heterocycles. The maximum absolute atomic E-state index is 12.6. The monoisotopic (exact) mass is 368 g/mol. The predicted molar refractivity (Wildman–Crippen MR) is 95.4 cm³/mol. The molecule has 1 amide bonds. The van der Waals surface area contributed by atoms with Crippen LogP contribution < -0.4 is 15.2 Å². The van der Waals surface area contributed by atoms with E-state index in [1.807, 2.05) is 11.0 Å². The lowest BCUT2D eigenvalue weighted by molar-refractivity contribution is -0.133. The molecule has 0 unspecified atom stereocenters. The number of fused-ring (bicyclic) bond motifs is 1. The summed E-state index contributed by atoms with van der Waals surface area (Å²) in [5.41, 5.74) is 6.32. The largest absolute Gasteiger partial charge is 0.486 e. The van der Waals surface area contributed by atoms with Crippen molar-refractivity contribution in [1.29, 1.82) is 0 Å². The molecular formula is C18H25ClN2O4. The summed E-state index contributed by atoms with van der Waals surface area (Å²) >= 11 is 6.24. The molecule has 0 spiro atoms. The Labute approximate surface area is 153 Å². The Balaban J connectivity index is 1.52. The summed E-state index contributed by atoms with van der Waals surface area (Å²) in [7, 11) is 0. The van der Waals surface area contributed by atoms with Gasteiger partial charge in [-0.3, -0.25) is 4.79 Å². The highest BCUT2D eigenvalue weighted by Gasteiger charge is 2.24. The Kier molecular flexibility index (Phi) is 6.39. The van der Waals surface area contributed by atoms with Crippen molar-refractivity contribution in [2.75, 3.05) is 39.5 Å². The Morgan fingerprint density at radius 3 is 2.80 bits per heavy atom. The highest BCUT2D eigenvalue weighted by molar-refractivity contribution is 6.32. The number of benzene rings is 1. The molecule has 1 aromatic carbocycles. The fourth-order valence-corrected chi connectivity index (χ4v) is 3.45. The van der Waals surface area contributed by atoms with Crippen molar-refractivity contribution in [1.82, 2.24) is 4.90 Å². The number of piperidine rings is 1. The van der Waals surface area contributed by atoms with E-state index in [1.165, 1.54) is 0 Å². The van der Waals surface area contributed by atoms with Crippen LogP contribution in [0.1, 0.15) is 24.8 Å². The van der Waals surface area contributed by atoms with Gasteiger partial charge in [0.15, 0.2) is 11.5 Å². The van der Waals surface area contributed by atoms with Crippen LogP contribution in [0.4, 0.5) is 0 Å². The summed E-state index contributed by atoms with van der Waals surface area (Å²) in [5, 5.41) is 0.493. The number of ether oxygens (including phenoxy) is 3. The lowest BCUT2D eigenvalue weighted by atomic mass is 10.1. The van der Waals surface area contributed by atoms with E-state index >= 15 is 0 Å². The minimum absolute atomic E-state index is 0.105. The average molecular weight is 369 g/mol. The molecule has 1 fully saturated rings. The third-order valence-corrected chi connectivity index (χ3v) is 4.79. The normalized spacial score (nSPS) is 17.6.